The first-order chi connectivity index (χ1) is 11.3. The van der Waals surface area contributed by atoms with Crippen molar-refractivity contribution >= 4 is 27.7 Å². The molecule has 0 atom stereocenters. The Morgan fingerprint density at radius 1 is 1.09 bits per heavy atom. The molecule has 0 spiro atoms. The molecule has 1 heterocycles. The first-order valence-corrected chi connectivity index (χ1v) is 8.91. The molecule has 0 fully saturated rings. The third kappa shape index (κ3) is 4.02. The molecule has 118 valence electrons. The molecule has 0 bridgehead atoms. The van der Waals surface area contributed by atoms with Crippen LogP contribution in [-0.4, -0.2) is 21.9 Å². The lowest BCUT2D eigenvalue weighted by atomic mass is 10.2. The maximum Gasteiger partial charge on any atom is 0.196 e. The molecule has 0 aliphatic rings. The Kier molecular flexibility index (Phi) is 5.48. The van der Waals surface area contributed by atoms with Gasteiger partial charge in [0.15, 0.2) is 11.0 Å². The van der Waals surface area contributed by atoms with E-state index >= 15 is 0 Å². The maximum atomic E-state index is 5.24. The minimum Gasteiger partial charge on any atom is -0.377 e. The fourth-order valence-electron chi connectivity index (χ4n) is 2.23. The number of ether oxygens (including phenoxy) is 1. The second kappa shape index (κ2) is 7.77. The van der Waals surface area contributed by atoms with Crippen LogP contribution in [0.2, 0.25) is 0 Å². The van der Waals surface area contributed by atoms with Crippen LogP contribution in [0, 0.1) is 0 Å². The zero-order chi connectivity index (χ0) is 16.1. The van der Waals surface area contributed by atoms with Crippen molar-refractivity contribution in [3.63, 3.8) is 0 Å². The summed E-state index contributed by atoms with van der Waals surface area (Å²) in [4.78, 5) is 0. The number of thioether (sulfide) groups is 1. The van der Waals surface area contributed by atoms with Gasteiger partial charge in [0.2, 0.25) is 0 Å². The highest BCUT2D eigenvalue weighted by Gasteiger charge is 2.14. The molecule has 3 aromatic rings. The van der Waals surface area contributed by atoms with Crippen molar-refractivity contribution in [2.75, 3.05) is 7.11 Å². The Hall–Kier alpha value is -1.63. The molecule has 2 aromatic carbocycles. The summed E-state index contributed by atoms with van der Waals surface area (Å²) in [6.07, 6.45) is 0. The van der Waals surface area contributed by atoms with Gasteiger partial charge in [0.1, 0.15) is 6.61 Å². The van der Waals surface area contributed by atoms with Gasteiger partial charge in [-0.3, -0.25) is 4.57 Å². The molecular weight excluding hydrogens is 374 g/mol. The van der Waals surface area contributed by atoms with E-state index in [1.807, 2.05) is 47.0 Å². The van der Waals surface area contributed by atoms with Gasteiger partial charge in [-0.2, -0.15) is 0 Å². The summed E-state index contributed by atoms with van der Waals surface area (Å²) in [5, 5.41) is 9.47. The number of halogens is 1. The molecule has 3 rings (SSSR count). The summed E-state index contributed by atoms with van der Waals surface area (Å²) in [7, 11) is 1.67. The van der Waals surface area contributed by atoms with E-state index in [2.05, 4.69) is 38.3 Å². The maximum absolute atomic E-state index is 5.24. The molecule has 6 heteroatoms. The number of hydrogen-bond acceptors (Lipinski definition) is 4. The number of hydrogen-bond donors (Lipinski definition) is 0. The summed E-state index contributed by atoms with van der Waals surface area (Å²) in [5.74, 6) is 1.63. The fourth-order valence-corrected chi connectivity index (χ4v) is 3.59. The molecular formula is C17H16BrN3OS. The summed E-state index contributed by atoms with van der Waals surface area (Å²) >= 11 is 5.17. The number of methoxy groups -OCH3 is 1. The highest BCUT2D eigenvalue weighted by molar-refractivity contribution is 9.10. The van der Waals surface area contributed by atoms with E-state index < -0.39 is 0 Å². The first kappa shape index (κ1) is 16.2. The zero-order valence-corrected chi connectivity index (χ0v) is 15.0. The predicted molar refractivity (Wildman–Crippen MR) is 95.8 cm³/mol. The molecule has 23 heavy (non-hydrogen) atoms. The van der Waals surface area contributed by atoms with Gasteiger partial charge in [-0.25, -0.2) is 0 Å². The third-order valence-electron chi connectivity index (χ3n) is 3.25. The van der Waals surface area contributed by atoms with Crippen LogP contribution in [-0.2, 0) is 17.1 Å². The molecule has 0 aliphatic carbocycles. The van der Waals surface area contributed by atoms with Gasteiger partial charge in [0.05, 0.1) is 0 Å². The minimum atomic E-state index is 0.430. The molecule has 0 aliphatic heterocycles. The molecule has 1 aromatic heterocycles. The lowest BCUT2D eigenvalue weighted by molar-refractivity contribution is 0.176. The lowest BCUT2D eigenvalue weighted by Crippen LogP contribution is -2.03. The molecule has 0 saturated heterocycles. The quantitative estimate of drug-likeness (QED) is 0.583. The normalized spacial score (nSPS) is 10.9. The van der Waals surface area contributed by atoms with Crippen LogP contribution in [0.15, 0.2) is 64.2 Å². The monoisotopic (exact) mass is 389 g/mol. The van der Waals surface area contributed by atoms with E-state index in [0.717, 1.165) is 26.9 Å². The Labute approximate surface area is 148 Å². The van der Waals surface area contributed by atoms with Crippen molar-refractivity contribution in [3.8, 4) is 5.69 Å². The second-order valence-corrected chi connectivity index (χ2v) is 6.78. The van der Waals surface area contributed by atoms with E-state index in [-0.39, 0.29) is 0 Å². The summed E-state index contributed by atoms with van der Waals surface area (Å²) in [6, 6.07) is 18.4. The molecule has 0 unspecified atom stereocenters. The van der Waals surface area contributed by atoms with E-state index in [9.17, 15) is 0 Å². The van der Waals surface area contributed by atoms with Crippen molar-refractivity contribution in [1.82, 2.24) is 14.8 Å². The zero-order valence-electron chi connectivity index (χ0n) is 12.6. The SMILES string of the molecule is COCc1nnc(SCc2cccc(Br)c2)n1-c1ccccc1. The van der Waals surface area contributed by atoms with Crippen LogP contribution in [0.25, 0.3) is 5.69 Å². The number of para-hydroxylation sites is 1. The van der Waals surface area contributed by atoms with E-state index in [1.165, 1.54) is 5.56 Å². The number of nitrogens with zero attached hydrogens (tertiary/aromatic N) is 3. The van der Waals surface area contributed by atoms with Gasteiger partial charge in [-0.1, -0.05) is 58.0 Å². The minimum absolute atomic E-state index is 0.430. The van der Waals surface area contributed by atoms with Gasteiger partial charge >= 0.3 is 0 Å². The van der Waals surface area contributed by atoms with Gasteiger partial charge in [0, 0.05) is 23.0 Å². The van der Waals surface area contributed by atoms with Gasteiger partial charge in [0.25, 0.3) is 0 Å². The Morgan fingerprint density at radius 3 is 2.65 bits per heavy atom. The van der Waals surface area contributed by atoms with Crippen molar-refractivity contribution in [1.29, 1.82) is 0 Å². The van der Waals surface area contributed by atoms with Crippen molar-refractivity contribution in [2.45, 2.75) is 17.5 Å². The van der Waals surface area contributed by atoms with Crippen LogP contribution in [0.4, 0.5) is 0 Å². The highest BCUT2D eigenvalue weighted by atomic mass is 79.9. The van der Waals surface area contributed by atoms with Crippen molar-refractivity contribution < 1.29 is 4.74 Å². The number of benzene rings is 2. The summed E-state index contributed by atoms with van der Waals surface area (Å²) in [5.41, 5.74) is 2.28. The first-order valence-electron chi connectivity index (χ1n) is 7.14. The van der Waals surface area contributed by atoms with Crippen molar-refractivity contribution in [2.24, 2.45) is 0 Å². The Balaban J connectivity index is 1.87. The highest BCUT2D eigenvalue weighted by Crippen LogP contribution is 2.26. The summed E-state index contributed by atoms with van der Waals surface area (Å²) in [6.45, 7) is 0.430. The summed E-state index contributed by atoms with van der Waals surface area (Å²) < 4.78 is 8.37. The Morgan fingerprint density at radius 2 is 1.91 bits per heavy atom. The van der Waals surface area contributed by atoms with Gasteiger partial charge in [-0.15, -0.1) is 10.2 Å². The van der Waals surface area contributed by atoms with Crippen LogP contribution in [0.1, 0.15) is 11.4 Å². The van der Waals surface area contributed by atoms with E-state index in [1.54, 1.807) is 18.9 Å². The molecule has 0 radical (unpaired) electrons. The van der Waals surface area contributed by atoms with Crippen LogP contribution in [0.5, 0.6) is 0 Å². The standard InChI is InChI=1S/C17H16BrN3OS/c1-22-11-16-19-20-17(21(16)15-8-3-2-4-9-15)23-12-13-6-5-7-14(18)10-13/h2-10H,11-12H2,1H3. The van der Waals surface area contributed by atoms with Gasteiger partial charge < -0.3 is 4.74 Å². The van der Waals surface area contributed by atoms with Gasteiger partial charge in [-0.05, 0) is 29.8 Å². The van der Waals surface area contributed by atoms with Crippen LogP contribution in [0.3, 0.4) is 0 Å². The fraction of sp³-hybridized carbons (Fsp3) is 0.176. The number of rotatable bonds is 6. The molecule has 0 N–H and O–H groups in total. The third-order valence-corrected chi connectivity index (χ3v) is 4.74. The second-order valence-electron chi connectivity index (χ2n) is 4.92. The average Bonchev–Trinajstić information content (AvgIpc) is 2.97. The molecule has 4 nitrogen and oxygen atoms in total. The lowest BCUT2D eigenvalue weighted by Gasteiger charge is -2.09. The van der Waals surface area contributed by atoms with Crippen LogP contribution >= 0.6 is 27.7 Å². The van der Waals surface area contributed by atoms with E-state index in [0.29, 0.717) is 6.61 Å². The molecule has 0 amide bonds. The molecule has 0 saturated carbocycles. The largest absolute Gasteiger partial charge is 0.377 e. The van der Waals surface area contributed by atoms with Crippen LogP contribution < -0.4 is 0 Å². The average molecular weight is 390 g/mol. The van der Waals surface area contributed by atoms with E-state index in [4.69, 9.17) is 4.74 Å². The topological polar surface area (TPSA) is 39.9 Å². The predicted octanol–water partition coefficient (Wildman–Crippen LogP) is 4.47. The Bertz CT molecular complexity index is 777. The smallest absolute Gasteiger partial charge is 0.196 e. The number of aromatic nitrogens is 3. The van der Waals surface area contributed by atoms with Crippen molar-refractivity contribution in [3.05, 3.63) is 70.5 Å².